The summed E-state index contributed by atoms with van der Waals surface area (Å²) in [4.78, 5) is 21.4. The number of rotatable bonds is 3. The van der Waals surface area contributed by atoms with Crippen molar-refractivity contribution in [2.24, 2.45) is 0 Å². The Kier molecular flexibility index (Phi) is 3.61. The largest absolute Gasteiger partial charge is 0.433 e. The van der Waals surface area contributed by atoms with Crippen LogP contribution < -0.4 is 5.32 Å². The number of hydrogen-bond donors (Lipinski definition) is 1. The molecule has 0 fully saturated rings. The predicted octanol–water partition coefficient (Wildman–Crippen LogP) is 3.34. The first kappa shape index (κ1) is 13.2. The maximum absolute atomic E-state index is 13.0. The molecule has 1 aromatic carbocycles. The minimum Gasteiger partial charge on any atom is -0.395 e. The van der Waals surface area contributed by atoms with Crippen LogP contribution in [0.4, 0.5) is 16.0 Å². The highest BCUT2D eigenvalue weighted by molar-refractivity contribution is 9.10. The zero-order valence-corrected chi connectivity index (χ0v) is 10.8. The first-order chi connectivity index (χ1) is 8.97. The lowest BCUT2D eigenvalue weighted by Gasteiger charge is -2.03. The molecule has 1 heterocycles. The Morgan fingerprint density at radius 2 is 2.11 bits per heavy atom. The van der Waals surface area contributed by atoms with E-state index in [-0.39, 0.29) is 10.2 Å². The molecule has 0 aliphatic rings. The SMILES string of the molecule is O=C(Nc1ccc(F)c(Br)c1)c1ccc([N+](=O)[O-])o1. The van der Waals surface area contributed by atoms with Crippen molar-refractivity contribution < 1.29 is 18.5 Å². The van der Waals surface area contributed by atoms with E-state index in [2.05, 4.69) is 21.2 Å². The molecule has 98 valence electrons. The zero-order valence-electron chi connectivity index (χ0n) is 9.22. The van der Waals surface area contributed by atoms with Crippen molar-refractivity contribution >= 4 is 33.4 Å². The molecule has 1 N–H and O–H groups in total. The fraction of sp³-hybridized carbons (Fsp3) is 0. The van der Waals surface area contributed by atoms with Crippen molar-refractivity contribution in [2.75, 3.05) is 5.32 Å². The van der Waals surface area contributed by atoms with Crippen LogP contribution in [0.3, 0.4) is 0 Å². The molecule has 1 amide bonds. The Hall–Kier alpha value is -2.22. The number of anilines is 1. The first-order valence-electron chi connectivity index (χ1n) is 4.98. The molecule has 0 aliphatic heterocycles. The second-order valence-corrected chi connectivity index (χ2v) is 4.33. The molecule has 0 saturated heterocycles. The fourth-order valence-corrected chi connectivity index (χ4v) is 1.69. The predicted molar refractivity (Wildman–Crippen MR) is 67.4 cm³/mol. The first-order valence-corrected chi connectivity index (χ1v) is 5.77. The van der Waals surface area contributed by atoms with E-state index in [0.717, 1.165) is 6.07 Å². The number of nitrogens with zero attached hydrogens (tertiary/aromatic N) is 1. The summed E-state index contributed by atoms with van der Waals surface area (Å²) in [6, 6.07) is 6.16. The molecule has 8 heteroatoms. The topological polar surface area (TPSA) is 85.4 Å². The lowest BCUT2D eigenvalue weighted by atomic mass is 10.3. The number of benzene rings is 1. The van der Waals surface area contributed by atoms with E-state index in [1.165, 1.54) is 24.3 Å². The van der Waals surface area contributed by atoms with Crippen LogP contribution >= 0.6 is 15.9 Å². The van der Waals surface area contributed by atoms with Crippen LogP contribution in [0.25, 0.3) is 0 Å². The van der Waals surface area contributed by atoms with E-state index >= 15 is 0 Å². The van der Waals surface area contributed by atoms with E-state index in [1.807, 2.05) is 0 Å². The number of hydrogen-bond acceptors (Lipinski definition) is 4. The molecule has 0 atom stereocenters. The highest BCUT2D eigenvalue weighted by Gasteiger charge is 2.17. The summed E-state index contributed by atoms with van der Waals surface area (Å²) >= 11 is 2.98. The third-order valence-corrected chi connectivity index (χ3v) is 2.78. The molecule has 0 spiro atoms. The fourth-order valence-electron chi connectivity index (χ4n) is 1.31. The van der Waals surface area contributed by atoms with Gasteiger partial charge in [-0.15, -0.1) is 0 Å². The summed E-state index contributed by atoms with van der Waals surface area (Å²) < 4.78 is 17.9. The molecule has 6 nitrogen and oxygen atoms in total. The normalized spacial score (nSPS) is 10.2. The molecular formula is C11H6BrFN2O4. The highest BCUT2D eigenvalue weighted by atomic mass is 79.9. The van der Waals surface area contributed by atoms with Crippen LogP contribution in [-0.4, -0.2) is 10.8 Å². The molecule has 0 bridgehead atoms. The second-order valence-electron chi connectivity index (χ2n) is 3.48. The average Bonchev–Trinajstić information content (AvgIpc) is 2.83. The number of halogens is 2. The molecule has 0 saturated carbocycles. The van der Waals surface area contributed by atoms with E-state index in [9.17, 15) is 19.3 Å². The van der Waals surface area contributed by atoms with E-state index in [4.69, 9.17) is 4.42 Å². The van der Waals surface area contributed by atoms with Crippen molar-refractivity contribution in [3.63, 3.8) is 0 Å². The van der Waals surface area contributed by atoms with Gasteiger partial charge in [-0.1, -0.05) is 0 Å². The number of carbonyl (C=O) groups excluding carboxylic acids is 1. The zero-order chi connectivity index (χ0) is 14.0. The Bertz CT molecular complexity index is 656. The van der Waals surface area contributed by atoms with E-state index < -0.39 is 22.5 Å². The van der Waals surface area contributed by atoms with Gasteiger partial charge in [0.05, 0.1) is 10.5 Å². The van der Waals surface area contributed by atoms with Crippen LogP contribution in [0.1, 0.15) is 10.6 Å². The van der Waals surface area contributed by atoms with Crippen molar-refractivity contribution in [2.45, 2.75) is 0 Å². The third kappa shape index (κ3) is 2.97. The van der Waals surface area contributed by atoms with Crippen molar-refractivity contribution in [1.29, 1.82) is 0 Å². The van der Waals surface area contributed by atoms with Gasteiger partial charge in [0.15, 0.2) is 5.76 Å². The molecule has 19 heavy (non-hydrogen) atoms. The van der Waals surface area contributed by atoms with Gasteiger partial charge in [-0.2, -0.15) is 0 Å². The molecular weight excluding hydrogens is 323 g/mol. The highest BCUT2D eigenvalue weighted by Crippen LogP contribution is 2.21. The summed E-state index contributed by atoms with van der Waals surface area (Å²) in [5.74, 6) is -1.85. The van der Waals surface area contributed by atoms with Crippen molar-refractivity contribution in [1.82, 2.24) is 0 Å². The number of carbonyl (C=O) groups is 1. The molecule has 0 aliphatic carbocycles. The quantitative estimate of drug-likeness (QED) is 0.691. The second kappa shape index (κ2) is 5.19. The molecule has 0 radical (unpaired) electrons. The molecule has 2 rings (SSSR count). The van der Waals surface area contributed by atoms with Crippen LogP contribution in [0, 0.1) is 15.9 Å². The standard InChI is InChI=1S/C11H6BrFN2O4/c12-7-5-6(1-2-8(7)13)14-11(16)9-3-4-10(19-9)15(17)18/h1-5H,(H,14,16). The lowest BCUT2D eigenvalue weighted by Crippen LogP contribution is -2.10. The minimum absolute atomic E-state index is 0.190. The number of amides is 1. The van der Waals surface area contributed by atoms with Crippen LogP contribution in [0.15, 0.2) is 39.2 Å². The van der Waals surface area contributed by atoms with Gasteiger partial charge in [-0.25, -0.2) is 4.39 Å². The van der Waals surface area contributed by atoms with Crippen LogP contribution in [-0.2, 0) is 0 Å². The van der Waals surface area contributed by atoms with E-state index in [1.54, 1.807) is 0 Å². The Morgan fingerprint density at radius 1 is 1.37 bits per heavy atom. The van der Waals surface area contributed by atoms with E-state index in [0.29, 0.717) is 5.69 Å². The van der Waals surface area contributed by atoms with Crippen molar-refractivity contribution in [3.8, 4) is 0 Å². The maximum Gasteiger partial charge on any atom is 0.433 e. The van der Waals surface area contributed by atoms with Gasteiger partial charge in [0.1, 0.15) is 10.7 Å². The van der Waals surface area contributed by atoms with Crippen LogP contribution in [0.2, 0.25) is 0 Å². The third-order valence-electron chi connectivity index (χ3n) is 2.17. The summed E-state index contributed by atoms with van der Waals surface area (Å²) in [5, 5.41) is 12.8. The Morgan fingerprint density at radius 3 is 2.68 bits per heavy atom. The van der Waals surface area contributed by atoms with Gasteiger partial charge in [0.2, 0.25) is 0 Å². The van der Waals surface area contributed by atoms with Crippen molar-refractivity contribution in [3.05, 3.63) is 56.5 Å². The molecule has 0 unspecified atom stereocenters. The van der Waals surface area contributed by atoms with Gasteiger partial charge in [-0.3, -0.25) is 14.9 Å². The summed E-state index contributed by atoms with van der Waals surface area (Å²) in [6.45, 7) is 0. The number of furan rings is 1. The van der Waals surface area contributed by atoms with Gasteiger partial charge in [-0.05, 0) is 40.2 Å². The summed E-state index contributed by atoms with van der Waals surface area (Å²) in [5.41, 5.74) is 0.331. The Balaban J connectivity index is 2.15. The summed E-state index contributed by atoms with van der Waals surface area (Å²) in [6.07, 6.45) is 0. The number of nitro groups is 1. The maximum atomic E-state index is 13.0. The van der Waals surface area contributed by atoms with Gasteiger partial charge in [0.25, 0.3) is 5.91 Å². The average molecular weight is 329 g/mol. The van der Waals surface area contributed by atoms with Crippen LogP contribution in [0.5, 0.6) is 0 Å². The minimum atomic E-state index is -0.745. The summed E-state index contributed by atoms with van der Waals surface area (Å²) in [7, 11) is 0. The molecule has 2 aromatic rings. The lowest BCUT2D eigenvalue weighted by molar-refractivity contribution is -0.402. The monoisotopic (exact) mass is 328 g/mol. The van der Waals surface area contributed by atoms with Gasteiger partial charge >= 0.3 is 5.88 Å². The van der Waals surface area contributed by atoms with Gasteiger partial charge < -0.3 is 9.73 Å². The van der Waals surface area contributed by atoms with Gasteiger partial charge in [0, 0.05) is 5.69 Å². The number of nitrogens with one attached hydrogen (secondary N) is 1. The molecule has 1 aromatic heterocycles. The Labute approximate surface area is 114 Å². The smallest absolute Gasteiger partial charge is 0.395 e.